The fraction of sp³-hybridized carbons (Fsp3) is 0.182. The summed E-state index contributed by atoms with van der Waals surface area (Å²) in [5, 5.41) is 25.6. The van der Waals surface area contributed by atoms with Crippen LogP contribution in [-0.2, 0) is 13.0 Å². The second-order valence-electron chi connectivity index (χ2n) is 7.84. The Hall–Kier alpha value is -3.96. The summed E-state index contributed by atoms with van der Waals surface area (Å²) in [5.41, 5.74) is 9.51. The Morgan fingerprint density at radius 1 is 1.24 bits per heavy atom. The lowest BCUT2D eigenvalue weighted by Gasteiger charge is -2.21. The van der Waals surface area contributed by atoms with Crippen molar-refractivity contribution in [3.8, 4) is 11.6 Å². The number of anilines is 2. The standard InChI is InChI=1S/C22H22BN7O3/c24-19(31)15-6-3-9-30-17(15)12-27-22(30)21-28-16-7-2-8-25-18(16)20(29-21)26-11-13-4-1-5-14(10-13)23(32)33/h1,3-6,9-10,12,25,32-33H,2,7-8,11H2,(H2,24,31)(H,26,28,29). The van der Waals surface area contributed by atoms with Crippen LogP contribution in [0.25, 0.3) is 17.2 Å². The predicted molar refractivity (Wildman–Crippen MR) is 125 cm³/mol. The first-order valence-electron chi connectivity index (χ1n) is 10.6. The molecule has 0 spiro atoms. The lowest BCUT2D eigenvalue weighted by atomic mass is 9.80. The molecule has 1 aliphatic rings. The van der Waals surface area contributed by atoms with Crippen LogP contribution in [0, 0.1) is 0 Å². The van der Waals surface area contributed by atoms with Gasteiger partial charge in [-0.2, -0.15) is 0 Å². The molecule has 0 unspecified atom stereocenters. The highest BCUT2D eigenvalue weighted by Crippen LogP contribution is 2.31. The number of fused-ring (bicyclic) bond motifs is 2. The first-order valence-corrected chi connectivity index (χ1v) is 10.6. The van der Waals surface area contributed by atoms with E-state index in [1.54, 1.807) is 47.1 Å². The van der Waals surface area contributed by atoms with Crippen molar-refractivity contribution in [2.24, 2.45) is 5.73 Å². The van der Waals surface area contributed by atoms with Gasteiger partial charge < -0.3 is 26.4 Å². The van der Waals surface area contributed by atoms with Crippen molar-refractivity contribution in [3.05, 3.63) is 65.6 Å². The van der Waals surface area contributed by atoms with Gasteiger partial charge in [-0.15, -0.1) is 0 Å². The summed E-state index contributed by atoms with van der Waals surface area (Å²) >= 11 is 0. The molecule has 3 aromatic heterocycles. The van der Waals surface area contributed by atoms with Crippen LogP contribution in [0.4, 0.5) is 11.5 Å². The maximum absolute atomic E-state index is 11.8. The van der Waals surface area contributed by atoms with Crippen LogP contribution >= 0.6 is 0 Å². The predicted octanol–water partition coefficient (Wildman–Crippen LogP) is 0.540. The number of pyridine rings is 1. The zero-order chi connectivity index (χ0) is 22.9. The Morgan fingerprint density at radius 2 is 2.12 bits per heavy atom. The first-order chi connectivity index (χ1) is 16.0. The maximum atomic E-state index is 11.8. The number of aryl methyl sites for hydroxylation is 1. The number of nitrogens with zero attached hydrogens (tertiary/aromatic N) is 4. The number of primary amides is 1. The summed E-state index contributed by atoms with van der Waals surface area (Å²) in [5.74, 6) is 1.05. The highest BCUT2D eigenvalue weighted by molar-refractivity contribution is 6.58. The van der Waals surface area contributed by atoms with Gasteiger partial charge in [0.15, 0.2) is 17.5 Å². The second-order valence-corrected chi connectivity index (χ2v) is 7.84. The molecule has 5 rings (SSSR count). The number of nitrogens with two attached hydrogens (primary N) is 1. The molecule has 0 saturated heterocycles. The number of imidazole rings is 1. The zero-order valence-corrected chi connectivity index (χ0v) is 17.7. The van der Waals surface area contributed by atoms with Gasteiger partial charge in [0, 0.05) is 19.3 Å². The maximum Gasteiger partial charge on any atom is 0.488 e. The fourth-order valence-corrected chi connectivity index (χ4v) is 4.02. The summed E-state index contributed by atoms with van der Waals surface area (Å²) < 4.78 is 1.76. The van der Waals surface area contributed by atoms with Gasteiger partial charge in [-0.1, -0.05) is 24.3 Å². The Morgan fingerprint density at radius 3 is 2.94 bits per heavy atom. The van der Waals surface area contributed by atoms with Gasteiger partial charge in [-0.3, -0.25) is 9.20 Å². The highest BCUT2D eigenvalue weighted by atomic mass is 16.4. The van der Waals surface area contributed by atoms with Crippen LogP contribution in [-0.4, -0.2) is 49.0 Å². The molecule has 0 bridgehead atoms. The SMILES string of the molecule is NC(=O)c1cccn2c(-c3nc4c(c(NCc5cccc(B(O)O)c5)n3)NCCC4)ncc12. The number of hydrogen-bond acceptors (Lipinski definition) is 8. The minimum atomic E-state index is -1.52. The molecule has 166 valence electrons. The van der Waals surface area contributed by atoms with Crippen molar-refractivity contribution >= 4 is 35.5 Å². The van der Waals surface area contributed by atoms with E-state index in [0.29, 0.717) is 40.6 Å². The highest BCUT2D eigenvalue weighted by Gasteiger charge is 2.21. The van der Waals surface area contributed by atoms with Gasteiger partial charge in [-0.25, -0.2) is 15.0 Å². The van der Waals surface area contributed by atoms with E-state index in [-0.39, 0.29) is 0 Å². The molecular formula is C22H22BN7O3. The molecule has 10 nitrogen and oxygen atoms in total. The molecule has 0 saturated carbocycles. The Labute approximate surface area is 189 Å². The summed E-state index contributed by atoms with van der Waals surface area (Å²) in [6.07, 6.45) is 5.14. The largest absolute Gasteiger partial charge is 0.488 e. The third-order valence-electron chi connectivity index (χ3n) is 5.62. The van der Waals surface area contributed by atoms with E-state index >= 15 is 0 Å². The van der Waals surface area contributed by atoms with Crippen molar-refractivity contribution in [3.63, 3.8) is 0 Å². The van der Waals surface area contributed by atoms with Gasteiger partial charge in [0.2, 0.25) is 0 Å². The second kappa shape index (κ2) is 8.53. The monoisotopic (exact) mass is 443 g/mol. The van der Waals surface area contributed by atoms with Gasteiger partial charge in [0.1, 0.15) is 0 Å². The third-order valence-corrected chi connectivity index (χ3v) is 5.62. The first kappa shape index (κ1) is 20.9. The molecule has 0 aliphatic carbocycles. The van der Waals surface area contributed by atoms with E-state index in [1.807, 2.05) is 6.07 Å². The van der Waals surface area contributed by atoms with Crippen molar-refractivity contribution in [2.45, 2.75) is 19.4 Å². The lowest BCUT2D eigenvalue weighted by molar-refractivity contribution is 0.100. The molecule has 4 heterocycles. The molecule has 1 amide bonds. The average molecular weight is 443 g/mol. The number of aromatic nitrogens is 4. The minimum Gasteiger partial charge on any atom is -0.423 e. The van der Waals surface area contributed by atoms with Crippen molar-refractivity contribution in [1.82, 2.24) is 19.4 Å². The third kappa shape index (κ3) is 3.99. The molecule has 0 atom stereocenters. The molecule has 6 N–H and O–H groups in total. The zero-order valence-electron chi connectivity index (χ0n) is 17.7. The number of nitrogens with one attached hydrogen (secondary N) is 2. The molecule has 4 aromatic rings. The number of carbonyl (C=O) groups is 1. The summed E-state index contributed by atoms with van der Waals surface area (Å²) in [6, 6.07) is 10.5. The summed E-state index contributed by atoms with van der Waals surface area (Å²) in [6.45, 7) is 1.25. The molecule has 1 aromatic carbocycles. The molecule has 0 radical (unpaired) electrons. The quantitative estimate of drug-likeness (QED) is 0.271. The van der Waals surface area contributed by atoms with E-state index in [4.69, 9.17) is 15.7 Å². The van der Waals surface area contributed by atoms with Gasteiger partial charge in [0.05, 0.1) is 28.7 Å². The fourth-order valence-electron chi connectivity index (χ4n) is 4.02. The Kier molecular flexibility index (Phi) is 5.41. The average Bonchev–Trinajstić information content (AvgIpc) is 3.26. The lowest BCUT2D eigenvalue weighted by Crippen LogP contribution is -2.30. The molecule has 1 aliphatic heterocycles. The Balaban J connectivity index is 1.54. The van der Waals surface area contributed by atoms with Gasteiger partial charge in [0.25, 0.3) is 5.91 Å². The van der Waals surface area contributed by atoms with Gasteiger partial charge >= 0.3 is 7.12 Å². The van der Waals surface area contributed by atoms with E-state index in [0.717, 1.165) is 36.3 Å². The summed E-state index contributed by atoms with van der Waals surface area (Å²) in [4.78, 5) is 25.8. The van der Waals surface area contributed by atoms with E-state index < -0.39 is 13.0 Å². The molecule has 33 heavy (non-hydrogen) atoms. The van der Waals surface area contributed by atoms with Crippen LogP contribution in [0.5, 0.6) is 0 Å². The van der Waals surface area contributed by atoms with E-state index in [1.165, 1.54) is 0 Å². The number of rotatable bonds is 6. The van der Waals surface area contributed by atoms with E-state index in [9.17, 15) is 14.8 Å². The van der Waals surface area contributed by atoms with Crippen molar-refractivity contribution < 1.29 is 14.8 Å². The molecule has 11 heteroatoms. The molecular weight excluding hydrogens is 421 g/mol. The number of hydrogen-bond donors (Lipinski definition) is 5. The number of carbonyl (C=O) groups excluding carboxylic acids is 1. The number of amides is 1. The normalized spacial score (nSPS) is 12.8. The topological polar surface area (TPSA) is 151 Å². The van der Waals surface area contributed by atoms with Crippen LogP contribution in [0.15, 0.2) is 48.8 Å². The van der Waals surface area contributed by atoms with Crippen molar-refractivity contribution in [2.75, 3.05) is 17.2 Å². The Bertz CT molecular complexity index is 1360. The van der Waals surface area contributed by atoms with Crippen LogP contribution < -0.4 is 21.8 Å². The minimum absolute atomic E-state index is 0.375. The molecule has 0 fully saturated rings. The van der Waals surface area contributed by atoms with Crippen LogP contribution in [0.1, 0.15) is 28.0 Å². The van der Waals surface area contributed by atoms with Crippen molar-refractivity contribution in [1.29, 1.82) is 0 Å². The van der Waals surface area contributed by atoms with Gasteiger partial charge in [-0.05, 0) is 36.0 Å². The smallest absolute Gasteiger partial charge is 0.423 e. The summed E-state index contributed by atoms with van der Waals surface area (Å²) in [7, 11) is -1.52. The van der Waals surface area contributed by atoms with E-state index in [2.05, 4.69) is 15.6 Å². The van der Waals surface area contributed by atoms with Crippen LogP contribution in [0.2, 0.25) is 0 Å². The van der Waals surface area contributed by atoms with Crippen LogP contribution in [0.3, 0.4) is 0 Å². The number of benzene rings is 1.